The van der Waals surface area contributed by atoms with E-state index in [-0.39, 0.29) is 16.6 Å². The van der Waals surface area contributed by atoms with Gasteiger partial charge in [-0.25, -0.2) is 4.98 Å². The summed E-state index contributed by atoms with van der Waals surface area (Å²) in [4.78, 5) is 21.5. The van der Waals surface area contributed by atoms with Crippen molar-refractivity contribution in [1.29, 1.82) is 0 Å². The van der Waals surface area contributed by atoms with Gasteiger partial charge in [0.15, 0.2) is 5.13 Å². The molecule has 1 aromatic heterocycles. The fourth-order valence-electron chi connectivity index (χ4n) is 3.67. The van der Waals surface area contributed by atoms with Crippen molar-refractivity contribution in [2.45, 2.75) is 25.2 Å². The van der Waals surface area contributed by atoms with Crippen LogP contribution < -0.4 is 9.08 Å². The summed E-state index contributed by atoms with van der Waals surface area (Å²) in [5, 5.41) is 2.93. The highest BCUT2D eigenvalue weighted by Gasteiger charge is 2.23. The molecule has 168 valence electrons. The molecule has 1 aliphatic heterocycles. The zero-order valence-electron chi connectivity index (χ0n) is 18.0. The van der Waals surface area contributed by atoms with Gasteiger partial charge in [-0.05, 0) is 61.7 Å². The highest BCUT2D eigenvalue weighted by molar-refractivity contribution is 7.87. The fraction of sp³-hybridized carbons (Fsp3) is 0.304. The van der Waals surface area contributed by atoms with E-state index < -0.39 is 10.1 Å². The van der Waals surface area contributed by atoms with Crippen LogP contribution >= 0.6 is 11.3 Å². The van der Waals surface area contributed by atoms with Crippen molar-refractivity contribution in [3.8, 4) is 5.75 Å². The summed E-state index contributed by atoms with van der Waals surface area (Å²) in [6, 6.07) is 11.5. The van der Waals surface area contributed by atoms with E-state index in [0.29, 0.717) is 24.2 Å². The largest absolute Gasteiger partial charge is 0.379 e. The summed E-state index contributed by atoms with van der Waals surface area (Å²) in [5.74, 6) is 0.100. The Morgan fingerprint density at radius 2 is 1.81 bits per heavy atom. The number of carbonyl (C=O) groups is 1. The first-order valence-corrected chi connectivity index (χ1v) is 12.7. The van der Waals surface area contributed by atoms with E-state index in [1.807, 2.05) is 23.3 Å². The number of nitrogens with zero attached hydrogens (tertiary/aromatic N) is 3. The van der Waals surface area contributed by atoms with E-state index in [2.05, 4.69) is 9.88 Å². The molecule has 0 N–H and O–H groups in total. The van der Waals surface area contributed by atoms with Crippen LogP contribution in [-0.2, 0) is 10.1 Å². The molecule has 2 aromatic carbocycles. The lowest BCUT2D eigenvalue weighted by Crippen LogP contribution is -2.35. The monoisotopic (exact) mass is 471 g/mol. The molecule has 2 heterocycles. The third-order valence-corrected chi connectivity index (χ3v) is 7.62. The van der Waals surface area contributed by atoms with Gasteiger partial charge in [0.2, 0.25) is 0 Å². The van der Waals surface area contributed by atoms with Crippen molar-refractivity contribution < 1.29 is 17.4 Å². The molecule has 1 aliphatic rings. The van der Waals surface area contributed by atoms with Crippen molar-refractivity contribution in [2.75, 3.05) is 31.1 Å². The molecule has 32 heavy (non-hydrogen) atoms. The molecule has 0 spiro atoms. The normalized spacial score (nSPS) is 14.8. The Labute approximate surface area is 192 Å². The van der Waals surface area contributed by atoms with Crippen LogP contribution in [0.5, 0.6) is 5.75 Å². The standard InChI is InChI=1S/C23H25N3O4S2/c1-17-4-5-18(2)21(16-17)32(28,29)30-20-8-6-19(7-9-20)22(27)25-11-3-12-26(14-13-25)23-24-10-15-31-23/h4-10,15-16H,3,11-14H2,1-2H3. The SMILES string of the molecule is Cc1ccc(C)c(S(=O)(=O)Oc2ccc(C(=O)N3CCCN(c4nccs4)CC3)cc2)c1. The Morgan fingerprint density at radius 1 is 1.03 bits per heavy atom. The Balaban J connectivity index is 1.43. The van der Waals surface area contributed by atoms with E-state index in [4.69, 9.17) is 4.18 Å². The van der Waals surface area contributed by atoms with Crippen molar-refractivity contribution in [3.63, 3.8) is 0 Å². The molecule has 0 saturated carbocycles. The Hall–Kier alpha value is -2.91. The molecule has 1 saturated heterocycles. The second-order valence-corrected chi connectivity index (χ2v) is 10.2. The first-order chi connectivity index (χ1) is 15.3. The van der Waals surface area contributed by atoms with Crippen LogP contribution in [0.2, 0.25) is 0 Å². The summed E-state index contributed by atoms with van der Waals surface area (Å²) in [6.45, 7) is 6.43. The van der Waals surface area contributed by atoms with Gasteiger partial charge in [0.25, 0.3) is 5.91 Å². The fourth-order valence-corrected chi connectivity index (χ4v) is 5.61. The maximum Gasteiger partial charge on any atom is 0.339 e. The molecule has 0 atom stereocenters. The lowest BCUT2D eigenvalue weighted by Gasteiger charge is -2.22. The second kappa shape index (κ2) is 9.30. The van der Waals surface area contributed by atoms with Gasteiger partial charge in [-0.15, -0.1) is 11.3 Å². The van der Waals surface area contributed by atoms with Gasteiger partial charge in [-0.3, -0.25) is 4.79 Å². The number of benzene rings is 2. The van der Waals surface area contributed by atoms with E-state index in [1.54, 1.807) is 48.7 Å². The molecule has 1 amide bonds. The molecule has 9 heteroatoms. The molecular weight excluding hydrogens is 446 g/mol. The molecular formula is C23H25N3O4S2. The topological polar surface area (TPSA) is 79.8 Å². The van der Waals surface area contributed by atoms with Crippen LogP contribution in [0.4, 0.5) is 5.13 Å². The van der Waals surface area contributed by atoms with Gasteiger partial charge < -0.3 is 14.0 Å². The molecule has 1 fully saturated rings. The maximum absolute atomic E-state index is 13.0. The van der Waals surface area contributed by atoms with Crippen molar-refractivity contribution in [2.24, 2.45) is 0 Å². The average Bonchev–Trinajstić information content (AvgIpc) is 3.20. The number of aryl methyl sites for hydroxylation is 2. The molecule has 0 radical (unpaired) electrons. The molecule has 4 rings (SSSR count). The minimum atomic E-state index is -3.96. The van der Waals surface area contributed by atoms with Crippen LogP contribution in [0.3, 0.4) is 0 Å². The van der Waals surface area contributed by atoms with Crippen molar-refractivity contribution in [1.82, 2.24) is 9.88 Å². The lowest BCUT2D eigenvalue weighted by molar-refractivity contribution is 0.0767. The van der Waals surface area contributed by atoms with E-state index in [1.165, 1.54) is 12.1 Å². The van der Waals surface area contributed by atoms with Crippen LogP contribution in [0.25, 0.3) is 0 Å². The highest BCUT2D eigenvalue weighted by Crippen LogP contribution is 2.24. The quantitative estimate of drug-likeness (QED) is 0.526. The number of thiazole rings is 1. The van der Waals surface area contributed by atoms with Crippen molar-refractivity contribution in [3.05, 3.63) is 70.7 Å². The number of amides is 1. The van der Waals surface area contributed by atoms with Gasteiger partial charge in [0.1, 0.15) is 10.6 Å². The van der Waals surface area contributed by atoms with Crippen molar-refractivity contribution >= 4 is 32.5 Å². The van der Waals surface area contributed by atoms with Crippen LogP contribution in [-0.4, -0.2) is 50.4 Å². The predicted octanol–water partition coefficient (Wildman–Crippen LogP) is 3.88. The van der Waals surface area contributed by atoms with Gasteiger partial charge >= 0.3 is 10.1 Å². The summed E-state index contributed by atoms with van der Waals surface area (Å²) >= 11 is 1.60. The van der Waals surface area contributed by atoms with Gasteiger partial charge in [-0.1, -0.05) is 12.1 Å². The van der Waals surface area contributed by atoms with E-state index in [0.717, 1.165) is 30.2 Å². The van der Waals surface area contributed by atoms with Crippen LogP contribution in [0.1, 0.15) is 27.9 Å². The predicted molar refractivity (Wildman–Crippen MR) is 125 cm³/mol. The minimum Gasteiger partial charge on any atom is -0.379 e. The number of anilines is 1. The summed E-state index contributed by atoms with van der Waals surface area (Å²) in [7, 11) is -3.96. The molecule has 3 aromatic rings. The number of aromatic nitrogens is 1. The van der Waals surface area contributed by atoms with Crippen LogP contribution in [0.15, 0.2) is 58.9 Å². The molecule has 0 bridgehead atoms. The zero-order valence-corrected chi connectivity index (χ0v) is 19.7. The summed E-state index contributed by atoms with van der Waals surface area (Å²) in [5.41, 5.74) is 1.96. The first kappa shape index (κ1) is 22.3. The third-order valence-electron chi connectivity index (χ3n) is 5.39. The zero-order chi connectivity index (χ0) is 22.7. The third kappa shape index (κ3) is 4.94. The Morgan fingerprint density at radius 3 is 2.53 bits per heavy atom. The summed E-state index contributed by atoms with van der Waals surface area (Å²) in [6.07, 6.45) is 2.65. The van der Waals surface area contributed by atoms with Gasteiger partial charge in [0.05, 0.1) is 0 Å². The highest BCUT2D eigenvalue weighted by atomic mass is 32.2. The van der Waals surface area contributed by atoms with E-state index >= 15 is 0 Å². The second-order valence-electron chi connectivity index (χ2n) is 7.78. The minimum absolute atomic E-state index is 0.0741. The lowest BCUT2D eigenvalue weighted by atomic mass is 10.2. The number of carbonyl (C=O) groups excluding carboxylic acids is 1. The number of hydrogen-bond donors (Lipinski definition) is 0. The van der Waals surface area contributed by atoms with Crippen LogP contribution in [0, 0.1) is 13.8 Å². The molecule has 0 aliphatic carbocycles. The first-order valence-electron chi connectivity index (χ1n) is 10.4. The number of hydrogen-bond acceptors (Lipinski definition) is 7. The number of rotatable bonds is 5. The molecule has 0 unspecified atom stereocenters. The van der Waals surface area contributed by atoms with Gasteiger partial charge in [0, 0.05) is 43.3 Å². The Kier molecular flexibility index (Phi) is 6.48. The van der Waals surface area contributed by atoms with Gasteiger partial charge in [-0.2, -0.15) is 8.42 Å². The Bertz CT molecular complexity index is 1190. The smallest absolute Gasteiger partial charge is 0.339 e. The average molecular weight is 472 g/mol. The van der Waals surface area contributed by atoms with E-state index in [9.17, 15) is 13.2 Å². The maximum atomic E-state index is 13.0. The molecule has 7 nitrogen and oxygen atoms in total. The summed E-state index contributed by atoms with van der Waals surface area (Å²) < 4.78 is 30.7.